The minimum Gasteiger partial charge on any atom is -0.455 e. The Kier molecular flexibility index (Phi) is 11.8. The van der Waals surface area contributed by atoms with E-state index in [0.717, 1.165) is 25.5 Å². The molecule has 0 fully saturated rings. The van der Waals surface area contributed by atoms with Crippen LogP contribution in [-0.2, 0) is 19.9 Å². The van der Waals surface area contributed by atoms with E-state index in [2.05, 4.69) is 42.9 Å². The lowest BCUT2D eigenvalue weighted by Crippen LogP contribution is -2.52. The molecule has 0 unspecified atom stereocenters. The number of hydrogen-bond donors (Lipinski definition) is 0. The zero-order chi connectivity index (χ0) is 26.7. The topological polar surface area (TPSA) is 35.5 Å². The number of alkyl halides is 3. The Bertz CT molecular complexity index is 984. The first-order valence-corrected chi connectivity index (χ1v) is 15.2. The lowest BCUT2D eigenvalue weighted by atomic mass is 9.92. The van der Waals surface area contributed by atoms with Gasteiger partial charge in [0, 0.05) is 19.1 Å². The molecule has 0 aliphatic heterocycles. The number of carbonyl (C=O) groups excluding carboxylic acids is 1. The molecule has 0 N–H and O–H groups in total. The van der Waals surface area contributed by atoms with Crippen molar-refractivity contribution in [2.24, 2.45) is 0 Å². The maximum absolute atomic E-state index is 14.2. The van der Waals surface area contributed by atoms with Crippen molar-refractivity contribution < 1.29 is 27.4 Å². The second kappa shape index (κ2) is 13.5. The van der Waals surface area contributed by atoms with Crippen molar-refractivity contribution in [2.75, 3.05) is 7.11 Å². The summed E-state index contributed by atoms with van der Waals surface area (Å²) in [5.74, 6) is 1.57. The molecular weight excluding hydrogens is 469 g/mol. The van der Waals surface area contributed by atoms with E-state index in [9.17, 15) is 18.0 Å². The third-order valence-electron chi connectivity index (χ3n) is 5.04. The molecule has 1 rings (SSSR count). The molecule has 1 aromatic rings. The molecule has 3 nitrogen and oxygen atoms in total. The van der Waals surface area contributed by atoms with Gasteiger partial charge in [0.2, 0.25) is 0 Å². The summed E-state index contributed by atoms with van der Waals surface area (Å²) in [4.78, 5) is 13.1. The summed E-state index contributed by atoms with van der Waals surface area (Å²) in [5, 5.41) is 0. The Labute approximate surface area is 209 Å². The summed E-state index contributed by atoms with van der Waals surface area (Å²) >= 11 is 0. The van der Waals surface area contributed by atoms with Gasteiger partial charge in [-0.15, -0.1) is 17.2 Å². The van der Waals surface area contributed by atoms with Crippen LogP contribution < -0.4 is 0 Å². The van der Waals surface area contributed by atoms with Gasteiger partial charge < -0.3 is 9.47 Å². The summed E-state index contributed by atoms with van der Waals surface area (Å²) in [6.45, 7) is 12.2. The summed E-state index contributed by atoms with van der Waals surface area (Å²) in [6.07, 6.45) is -0.126. The molecule has 0 saturated heterocycles. The van der Waals surface area contributed by atoms with Crippen molar-refractivity contribution in [3.05, 3.63) is 64.9 Å². The number of esters is 1. The Morgan fingerprint density at radius 1 is 1.11 bits per heavy atom. The van der Waals surface area contributed by atoms with Gasteiger partial charge in [-0.1, -0.05) is 61.6 Å². The molecule has 7 heteroatoms. The van der Waals surface area contributed by atoms with Crippen LogP contribution in [0.5, 0.6) is 0 Å². The minimum absolute atomic E-state index is 0.254. The second-order valence-corrected chi connectivity index (χ2v) is 14.4. The van der Waals surface area contributed by atoms with Gasteiger partial charge in [0.1, 0.15) is 14.2 Å². The zero-order valence-corrected chi connectivity index (χ0v) is 22.8. The predicted molar refractivity (Wildman–Crippen MR) is 137 cm³/mol. The zero-order valence-electron chi connectivity index (χ0n) is 21.8. The third-order valence-corrected chi connectivity index (χ3v) is 5.96. The normalized spacial score (nSPS) is 13.9. The fourth-order valence-corrected chi connectivity index (χ4v) is 3.87. The molecule has 0 aliphatic rings. The predicted octanol–water partition coefficient (Wildman–Crippen LogP) is 7.51. The van der Waals surface area contributed by atoms with Crippen molar-refractivity contribution in [1.82, 2.24) is 0 Å². The van der Waals surface area contributed by atoms with Crippen LogP contribution in [-0.4, -0.2) is 33.4 Å². The monoisotopic (exact) mass is 506 g/mol. The second-order valence-electron chi connectivity index (χ2n) is 9.69. The Morgan fingerprint density at radius 3 is 2.26 bits per heavy atom. The van der Waals surface area contributed by atoms with Crippen LogP contribution in [0.3, 0.4) is 0 Å². The molecule has 0 bridgehead atoms. The molecular formula is C28H37F3O3Si. The van der Waals surface area contributed by atoms with Gasteiger partial charge in [0.05, 0.1) is 0 Å². The minimum atomic E-state index is -5.03. The SMILES string of the molecule is CO[C@@](C(=O)O[C@@H](C=C=C(C)CCC=C(C)C)CCC#C[Si](C)(C)C)(c1ccccc1)C(F)(F)F. The van der Waals surface area contributed by atoms with Crippen LogP contribution >= 0.6 is 0 Å². The number of allylic oxidation sites excluding steroid dienone is 2. The van der Waals surface area contributed by atoms with Crippen LogP contribution in [0.4, 0.5) is 13.2 Å². The first kappa shape index (κ1) is 30.5. The number of ether oxygens (including phenoxy) is 2. The number of benzene rings is 1. The molecule has 0 heterocycles. The molecule has 0 amide bonds. The van der Waals surface area contributed by atoms with Gasteiger partial charge in [0.15, 0.2) is 0 Å². The molecule has 192 valence electrons. The van der Waals surface area contributed by atoms with Crippen molar-refractivity contribution in [1.29, 1.82) is 0 Å². The van der Waals surface area contributed by atoms with Crippen molar-refractivity contribution >= 4 is 14.0 Å². The number of rotatable bonds is 10. The fourth-order valence-electron chi connectivity index (χ4n) is 3.21. The van der Waals surface area contributed by atoms with Gasteiger partial charge in [-0.25, -0.2) is 4.79 Å². The molecule has 0 saturated carbocycles. The van der Waals surface area contributed by atoms with Crippen LogP contribution in [0.1, 0.15) is 52.0 Å². The first-order valence-electron chi connectivity index (χ1n) is 11.7. The highest BCUT2D eigenvalue weighted by Crippen LogP contribution is 2.43. The summed E-state index contributed by atoms with van der Waals surface area (Å²) < 4.78 is 53.0. The van der Waals surface area contributed by atoms with E-state index in [1.807, 2.05) is 20.8 Å². The van der Waals surface area contributed by atoms with Crippen molar-refractivity contribution in [3.63, 3.8) is 0 Å². The third kappa shape index (κ3) is 9.93. The number of halogens is 3. The Hall–Kier alpha value is -2.52. The van der Waals surface area contributed by atoms with Crippen LogP contribution in [0.25, 0.3) is 0 Å². The fraction of sp³-hybridized carbons (Fsp3) is 0.500. The lowest BCUT2D eigenvalue weighted by molar-refractivity contribution is -0.277. The summed E-state index contributed by atoms with van der Waals surface area (Å²) in [6, 6.07) is 6.82. The lowest BCUT2D eigenvalue weighted by Gasteiger charge is -2.33. The number of hydrogen-bond acceptors (Lipinski definition) is 3. The van der Waals surface area contributed by atoms with Crippen molar-refractivity contribution in [3.8, 4) is 11.5 Å². The first-order chi connectivity index (χ1) is 16.2. The molecule has 2 atom stereocenters. The van der Waals surface area contributed by atoms with E-state index in [4.69, 9.17) is 9.47 Å². The van der Waals surface area contributed by atoms with Gasteiger partial charge in [-0.2, -0.15) is 13.2 Å². The highest BCUT2D eigenvalue weighted by molar-refractivity contribution is 6.83. The maximum atomic E-state index is 14.2. The van der Waals surface area contributed by atoms with E-state index < -0.39 is 31.9 Å². The van der Waals surface area contributed by atoms with Crippen LogP contribution in [0.2, 0.25) is 19.6 Å². The largest absolute Gasteiger partial charge is 0.455 e. The van der Waals surface area contributed by atoms with Gasteiger partial charge >= 0.3 is 12.1 Å². The molecule has 1 aromatic carbocycles. The standard InChI is InChI=1S/C28H37F3O3Si/c1-22(2)14-13-15-23(3)19-20-25(18-11-12-21-35(5,6)7)34-26(32)27(33-4,28(29,30)31)24-16-9-8-10-17-24/h8-10,14,16-17,20,25H,11,13,15,18H2,1-7H3/t19?,25-,27-/m1/s1. The number of methoxy groups -OCH3 is 1. The average molecular weight is 507 g/mol. The van der Waals surface area contributed by atoms with E-state index in [1.165, 1.54) is 35.9 Å². The van der Waals surface area contributed by atoms with E-state index >= 15 is 0 Å². The summed E-state index contributed by atoms with van der Waals surface area (Å²) in [5.41, 5.74) is 4.86. The summed E-state index contributed by atoms with van der Waals surface area (Å²) in [7, 11) is -0.739. The van der Waals surface area contributed by atoms with Gasteiger partial charge in [-0.05, 0) is 51.7 Å². The Balaban J connectivity index is 3.29. The average Bonchev–Trinajstić information content (AvgIpc) is 2.74. The molecule has 0 aliphatic carbocycles. The highest BCUT2D eigenvalue weighted by Gasteiger charge is 2.64. The smallest absolute Gasteiger partial charge is 0.432 e. The van der Waals surface area contributed by atoms with Crippen LogP contribution in [0.15, 0.2) is 59.4 Å². The Morgan fingerprint density at radius 2 is 1.74 bits per heavy atom. The van der Waals surface area contributed by atoms with Gasteiger partial charge in [0.25, 0.3) is 5.60 Å². The molecule has 0 aromatic heterocycles. The van der Waals surface area contributed by atoms with Crippen LogP contribution in [0, 0.1) is 11.5 Å². The molecule has 0 radical (unpaired) electrons. The maximum Gasteiger partial charge on any atom is 0.432 e. The quantitative estimate of drug-likeness (QED) is 0.108. The molecule has 35 heavy (non-hydrogen) atoms. The van der Waals surface area contributed by atoms with E-state index in [0.29, 0.717) is 6.42 Å². The van der Waals surface area contributed by atoms with Crippen molar-refractivity contribution in [2.45, 2.75) is 84.0 Å². The molecule has 0 spiro atoms. The van der Waals surface area contributed by atoms with E-state index in [-0.39, 0.29) is 12.0 Å². The van der Waals surface area contributed by atoms with E-state index in [1.54, 1.807) is 6.07 Å². The number of carbonyl (C=O) groups is 1. The van der Waals surface area contributed by atoms with Gasteiger partial charge in [-0.3, -0.25) is 0 Å². The highest BCUT2D eigenvalue weighted by atomic mass is 28.3.